The summed E-state index contributed by atoms with van der Waals surface area (Å²) in [4.78, 5) is 20.6. The topological polar surface area (TPSA) is 110 Å². The Morgan fingerprint density at radius 1 is 1.42 bits per heavy atom. The number of piperidine rings is 1. The van der Waals surface area contributed by atoms with E-state index in [1.807, 2.05) is 4.90 Å². The second-order valence-electron chi connectivity index (χ2n) is 4.78. The van der Waals surface area contributed by atoms with E-state index in [9.17, 15) is 10.1 Å². The molecule has 0 atom stereocenters. The zero-order chi connectivity index (χ0) is 14.0. The SMILES string of the molecule is CNc1nc(N2CCC(C)CC2)nc(N)c1[N+](=O)[O-]. The molecule has 0 unspecified atom stereocenters. The predicted octanol–water partition coefficient (Wildman–Crippen LogP) is 1.24. The maximum absolute atomic E-state index is 10.9. The molecule has 1 aliphatic rings. The van der Waals surface area contributed by atoms with Crippen LogP contribution in [-0.4, -0.2) is 35.0 Å². The molecule has 2 rings (SSSR count). The maximum Gasteiger partial charge on any atom is 0.353 e. The van der Waals surface area contributed by atoms with E-state index in [-0.39, 0.29) is 17.3 Å². The Hall–Kier alpha value is -2.12. The molecule has 1 aromatic heterocycles. The van der Waals surface area contributed by atoms with Gasteiger partial charge >= 0.3 is 5.69 Å². The number of aromatic nitrogens is 2. The molecule has 0 saturated carbocycles. The molecule has 8 heteroatoms. The van der Waals surface area contributed by atoms with Crippen molar-refractivity contribution in [2.75, 3.05) is 36.1 Å². The first-order valence-corrected chi connectivity index (χ1v) is 6.27. The standard InChI is InChI=1S/C11H18N6O2/c1-7-3-5-16(6-4-7)11-14-9(12)8(17(18)19)10(13-2)15-11/h7H,3-6H2,1-2H3,(H3,12,13,14,15). The third-order valence-corrected chi connectivity index (χ3v) is 3.39. The van der Waals surface area contributed by atoms with Crippen LogP contribution >= 0.6 is 0 Å². The number of nitro groups is 1. The Kier molecular flexibility index (Phi) is 3.68. The van der Waals surface area contributed by atoms with Crippen molar-refractivity contribution < 1.29 is 4.92 Å². The number of nitrogens with zero attached hydrogens (tertiary/aromatic N) is 4. The van der Waals surface area contributed by atoms with Crippen LogP contribution in [0, 0.1) is 16.0 Å². The summed E-state index contributed by atoms with van der Waals surface area (Å²) in [5.74, 6) is 1.21. The Morgan fingerprint density at radius 2 is 2.05 bits per heavy atom. The minimum atomic E-state index is -0.566. The highest BCUT2D eigenvalue weighted by molar-refractivity contribution is 5.69. The number of nitrogens with two attached hydrogens (primary N) is 1. The third kappa shape index (κ3) is 2.67. The van der Waals surface area contributed by atoms with Gasteiger partial charge in [-0.05, 0) is 18.8 Å². The van der Waals surface area contributed by atoms with Gasteiger partial charge in [-0.3, -0.25) is 10.1 Å². The van der Waals surface area contributed by atoms with Crippen molar-refractivity contribution in [3.05, 3.63) is 10.1 Å². The average molecular weight is 266 g/mol. The highest BCUT2D eigenvalue weighted by Gasteiger charge is 2.25. The molecule has 0 aromatic carbocycles. The molecule has 0 bridgehead atoms. The van der Waals surface area contributed by atoms with Gasteiger partial charge in [0.25, 0.3) is 0 Å². The molecule has 0 spiro atoms. The fourth-order valence-corrected chi connectivity index (χ4v) is 2.16. The zero-order valence-corrected chi connectivity index (χ0v) is 11.1. The molecule has 1 fully saturated rings. The molecule has 1 aromatic rings. The van der Waals surface area contributed by atoms with Gasteiger partial charge in [0.1, 0.15) is 0 Å². The highest BCUT2D eigenvalue weighted by atomic mass is 16.6. The summed E-state index contributed by atoms with van der Waals surface area (Å²) in [5, 5.41) is 13.6. The molecule has 0 aliphatic carbocycles. The van der Waals surface area contributed by atoms with Crippen molar-refractivity contribution in [2.24, 2.45) is 5.92 Å². The lowest BCUT2D eigenvalue weighted by atomic mass is 10.00. The molecule has 2 heterocycles. The van der Waals surface area contributed by atoms with E-state index in [4.69, 9.17) is 5.73 Å². The van der Waals surface area contributed by atoms with Gasteiger partial charge in [0.2, 0.25) is 17.6 Å². The fourth-order valence-electron chi connectivity index (χ4n) is 2.16. The largest absolute Gasteiger partial charge is 0.378 e. The van der Waals surface area contributed by atoms with Gasteiger partial charge in [0.05, 0.1) is 4.92 Å². The molecule has 1 aliphatic heterocycles. The van der Waals surface area contributed by atoms with Gasteiger partial charge in [-0.25, -0.2) is 0 Å². The number of hydrogen-bond donors (Lipinski definition) is 2. The Labute approximate surface area is 111 Å². The van der Waals surface area contributed by atoms with E-state index >= 15 is 0 Å². The summed E-state index contributed by atoms with van der Waals surface area (Å²) in [5.41, 5.74) is 5.41. The van der Waals surface area contributed by atoms with Crippen LogP contribution in [0.25, 0.3) is 0 Å². The van der Waals surface area contributed by atoms with Crippen molar-refractivity contribution in [1.82, 2.24) is 9.97 Å². The normalized spacial score (nSPS) is 16.4. The zero-order valence-electron chi connectivity index (χ0n) is 11.1. The van der Waals surface area contributed by atoms with Gasteiger partial charge < -0.3 is 16.0 Å². The number of rotatable bonds is 3. The van der Waals surface area contributed by atoms with Crippen molar-refractivity contribution in [3.8, 4) is 0 Å². The third-order valence-electron chi connectivity index (χ3n) is 3.39. The molecule has 104 valence electrons. The molecular weight excluding hydrogens is 248 g/mol. The lowest BCUT2D eigenvalue weighted by Crippen LogP contribution is -2.34. The van der Waals surface area contributed by atoms with E-state index in [1.54, 1.807) is 7.05 Å². The lowest BCUT2D eigenvalue weighted by molar-refractivity contribution is -0.383. The van der Waals surface area contributed by atoms with Crippen LogP contribution in [0.4, 0.5) is 23.3 Å². The van der Waals surface area contributed by atoms with E-state index in [1.165, 1.54) is 0 Å². The summed E-state index contributed by atoms with van der Waals surface area (Å²) < 4.78 is 0. The maximum atomic E-state index is 10.9. The quantitative estimate of drug-likeness (QED) is 0.625. The summed E-state index contributed by atoms with van der Waals surface area (Å²) >= 11 is 0. The molecule has 0 radical (unpaired) electrons. The molecular formula is C11H18N6O2. The number of nitrogens with one attached hydrogen (secondary N) is 1. The van der Waals surface area contributed by atoms with Gasteiger partial charge in [-0.15, -0.1) is 0 Å². The van der Waals surface area contributed by atoms with Crippen LogP contribution in [-0.2, 0) is 0 Å². The van der Waals surface area contributed by atoms with E-state index in [2.05, 4.69) is 22.2 Å². The molecule has 0 amide bonds. The summed E-state index contributed by atoms with van der Waals surface area (Å²) in [6.07, 6.45) is 2.13. The first kappa shape index (κ1) is 13.3. The number of nitrogen functional groups attached to an aromatic ring is 1. The fraction of sp³-hybridized carbons (Fsp3) is 0.636. The van der Waals surface area contributed by atoms with E-state index in [0.29, 0.717) is 11.9 Å². The Bertz CT molecular complexity index is 484. The van der Waals surface area contributed by atoms with Gasteiger partial charge in [-0.2, -0.15) is 9.97 Å². The van der Waals surface area contributed by atoms with E-state index in [0.717, 1.165) is 25.9 Å². The van der Waals surface area contributed by atoms with Crippen LogP contribution < -0.4 is 16.0 Å². The van der Waals surface area contributed by atoms with E-state index < -0.39 is 4.92 Å². The van der Waals surface area contributed by atoms with Crippen molar-refractivity contribution >= 4 is 23.3 Å². The number of anilines is 3. The lowest BCUT2D eigenvalue weighted by Gasteiger charge is -2.30. The van der Waals surface area contributed by atoms with Gasteiger partial charge in [0, 0.05) is 20.1 Å². The summed E-state index contributed by atoms with van der Waals surface area (Å²) in [6, 6.07) is 0. The van der Waals surface area contributed by atoms with Crippen LogP contribution in [0.3, 0.4) is 0 Å². The predicted molar refractivity (Wildman–Crippen MR) is 73.3 cm³/mol. The van der Waals surface area contributed by atoms with Crippen molar-refractivity contribution in [3.63, 3.8) is 0 Å². The summed E-state index contributed by atoms with van der Waals surface area (Å²) in [7, 11) is 1.58. The van der Waals surface area contributed by atoms with Gasteiger partial charge in [0.15, 0.2) is 0 Å². The minimum Gasteiger partial charge on any atom is -0.378 e. The first-order valence-electron chi connectivity index (χ1n) is 6.27. The van der Waals surface area contributed by atoms with Crippen molar-refractivity contribution in [1.29, 1.82) is 0 Å². The van der Waals surface area contributed by atoms with Crippen molar-refractivity contribution in [2.45, 2.75) is 19.8 Å². The molecule has 3 N–H and O–H groups in total. The first-order chi connectivity index (χ1) is 9.02. The average Bonchev–Trinajstić information content (AvgIpc) is 2.38. The smallest absolute Gasteiger partial charge is 0.353 e. The molecule has 1 saturated heterocycles. The van der Waals surface area contributed by atoms with Gasteiger partial charge in [-0.1, -0.05) is 6.92 Å². The minimum absolute atomic E-state index is 0.0991. The van der Waals surface area contributed by atoms with Crippen LogP contribution in [0.15, 0.2) is 0 Å². The Balaban J connectivity index is 2.32. The Morgan fingerprint density at radius 3 is 2.58 bits per heavy atom. The second-order valence-corrected chi connectivity index (χ2v) is 4.78. The monoisotopic (exact) mass is 266 g/mol. The highest BCUT2D eigenvalue weighted by Crippen LogP contribution is 2.30. The molecule has 19 heavy (non-hydrogen) atoms. The summed E-state index contributed by atoms with van der Waals surface area (Å²) in [6.45, 7) is 3.91. The van der Waals surface area contributed by atoms with Crippen LogP contribution in [0.1, 0.15) is 19.8 Å². The number of hydrogen-bond acceptors (Lipinski definition) is 7. The van der Waals surface area contributed by atoms with Crippen LogP contribution in [0.5, 0.6) is 0 Å². The van der Waals surface area contributed by atoms with Crippen LogP contribution in [0.2, 0.25) is 0 Å². The second kappa shape index (κ2) is 5.25. The molecule has 8 nitrogen and oxygen atoms in total.